The van der Waals surface area contributed by atoms with Crippen LogP contribution in [-0.4, -0.2) is 14.2 Å². The van der Waals surface area contributed by atoms with Crippen molar-refractivity contribution in [1.29, 1.82) is 0 Å². The molecule has 2 rings (SSSR count). The third kappa shape index (κ3) is 2.64. The minimum atomic E-state index is 0.378. The van der Waals surface area contributed by atoms with Crippen LogP contribution in [0.2, 0.25) is 0 Å². The van der Waals surface area contributed by atoms with Crippen molar-refractivity contribution in [2.75, 3.05) is 14.2 Å². The fraction of sp³-hybridized carbons (Fsp3) is 0.333. The van der Waals surface area contributed by atoms with Crippen LogP contribution in [0.1, 0.15) is 16.5 Å². The van der Waals surface area contributed by atoms with Crippen LogP contribution in [0.3, 0.4) is 0 Å². The topological polar surface area (TPSA) is 21.3 Å². The molecule has 86 valence electrons. The van der Waals surface area contributed by atoms with Gasteiger partial charge in [0, 0.05) is 16.3 Å². The zero-order valence-electron chi connectivity index (χ0n) is 9.40. The van der Waals surface area contributed by atoms with Crippen LogP contribution in [-0.2, 0) is 6.42 Å². The lowest BCUT2D eigenvalue weighted by atomic mass is 10.1. The fourth-order valence-electron chi connectivity index (χ4n) is 1.61. The van der Waals surface area contributed by atoms with Gasteiger partial charge in [0.2, 0.25) is 0 Å². The molecule has 0 fully saturated rings. The molecule has 0 aliphatic heterocycles. The summed E-state index contributed by atoms with van der Waals surface area (Å²) in [6, 6.07) is 4.67. The second-order valence-electron chi connectivity index (χ2n) is 3.57. The molecule has 4 heteroatoms. The van der Waals surface area contributed by atoms with Crippen LogP contribution in [0, 0.1) is 0 Å². The Balaban J connectivity index is 2.10. The zero-order chi connectivity index (χ0) is 11.4. The van der Waals surface area contributed by atoms with Crippen molar-refractivity contribution in [2.24, 2.45) is 0 Å². The van der Waals surface area contributed by atoms with Crippen molar-refractivity contribution in [3.8, 4) is 5.75 Å². The molecule has 0 aliphatic carbocycles. The number of hydrogen-bond donors (Lipinski definition) is 1. The average Bonchev–Trinajstić information content (AvgIpc) is 2.96. The van der Waals surface area contributed by atoms with E-state index < -0.39 is 0 Å². The van der Waals surface area contributed by atoms with Crippen LogP contribution in [0.5, 0.6) is 5.75 Å². The average molecular weight is 253 g/mol. The lowest BCUT2D eigenvalue weighted by Crippen LogP contribution is -2.17. The van der Waals surface area contributed by atoms with Crippen molar-refractivity contribution in [3.63, 3.8) is 0 Å². The molecule has 1 atom stereocenters. The summed E-state index contributed by atoms with van der Waals surface area (Å²) < 4.78 is 5.21. The number of likely N-dealkylation sites (N-methyl/N-ethyl adjacent to an activating group) is 1. The van der Waals surface area contributed by atoms with Crippen LogP contribution >= 0.6 is 22.7 Å². The third-order valence-corrected chi connectivity index (χ3v) is 4.30. The molecule has 0 aromatic carbocycles. The highest BCUT2D eigenvalue weighted by Gasteiger charge is 2.13. The van der Waals surface area contributed by atoms with Gasteiger partial charge in [-0.25, -0.2) is 0 Å². The Morgan fingerprint density at radius 2 is 2.31 bits per heavy atom. The monoisotopic (exact) mass is 253 g/mol. The minimum Gasteiger partial charge on any atom is -0.496 e. The van der Waals surface area contributed by atoms with Gasteiger partial charge < -0.3 is 10.1 Å². The summed E-state index contributed by atoms with van der Waals surface area (Å²) in [7, 11) is 3.71. The highest BCUT2D eigenvalue weighted by atomic mass is 32.1. The Morgan fingerprint density at radius 1 is 1.44 bits per heavy atom. The smallest absolute Gasteiger partial charge is 0.129 e. The normalized spacial score (nSPS) is 12.6. The molecule has 0 bridgehead atoms. The van der Waals surface area contributed by atoms with E-state index in [-0.39, 0.29) is 0 Å². The van der Waals surface area contributed by atoms with E-state index in [9.17, 15) is 0 Å². The molecule has 0 spiro atoms. The summed E-state index contributed by atoms with van der Waals surface area (Å²) >= 11 is 3.49. The molecular weight excluding hydrogens is 238 g/mol. The van der Waals surface area contributed by atoms with E-state index in [0.717, 1.165) is 12.2 Å². The fourth-order valence-corrected chi connectivity index (χ4v) is 3.26. The van der Waals surface area contributed by atoms with Crippen molar-refractivity contribution >= 4 is 22.7 Å². The van der Waals surface area contributed by atoms with Crippen molar-refractivity contribution in [3.05, 3.63) is 38.7 Å². The van der Waals surface area contributed by atoms with Gasteiger partial charge in [-0.3, -0.25) is 0 Å². The quantitative estimate of drug-likeness (QED) is 0.882. The molecule has 1 unspecified atom stereocenters. The Kier molecular flexibility index (Phi) is 3.98. The molecular formula is C12H15NOS2. The maximum absolute atomic E-state index is 5.21. The summed E-state index contributed by atoms with van der Waals surface area (Å²) in [5.41, 5.74) is 1.39. The summed E-state index contributed by atoms with van der Waals surface area (Å²) in [6.07, 6.45) is 1.03. The predicted octanol–water partition coefficient (Wildman–Crippen LogP) is 3.32. The Hall–Kier alpha value is -0.840. The van der Waals surface area contributed by atoms with Gasteiger partial charge in [-0.15, -0.1) is 11.3 Å². The molecule has 16 heavy (non-hydrogen) atoms. The first-order valence-corrected chi connectivity index (χ1v) is 6.96. The second kappa shape index (κ2) is 5.48. The van der Waals surface area contributed by atoms with Crippen molar-refractivity contribution in [2.45, 2.75) is 12.5 Å². The van der Waals surface area contributed by atoms with E-state index in [1.807, 2.05) is 12.4 Å². The summed E-state index contributed by atoms with van der Waals surface area (Å²) in [5.74, 6) is 0.950. The van der Waals surface area contributed by atoms with E-state index >= 15 is 0 Å². The van der Waals surface area contributed by atoms with Crippen LogP contribution in [0.15, 0.2) is 28.3 Å². The molecule has 0 radical (unpaired) electrons. The number of thiophene rings is 2. The molecule has 0 aliphatic rings. The first-order chi connectivity index (χ1) is 7.83. The number of rotatable bonds is 5. The standard InChI is InChI=1S/C12H15NOS2/c1-13-11(5-9-3-4-15-7-9)12-6-10(14-2)8-16-12/h3-4,6-8,11,13H,5H2,1-2H3. The van der Waals surface area contributed by atoms with Gasteiger partial charge >= 0.3 is 0 Å². The van der Waals surface area contributed by atoms with Crippen molar-refractivity contribution < 1.29 is 4.74 Å². The van der Waals surface area contributed by atoms with E-state index in [1.54, 1.807) is 29.8 Å². The van der Waals surface area contributed by atoms with Gasteiger partial charge in [0.1, 0.15) is 5.75 Å². The van der Waals surface area contributed by atoms with Crippen LogP contribution < -0.4 is 10.1 Å². The van der Waals surface area contributed by atoms with Crippen LogP contribution in [0.4, 0.5) is 0 Å². The van der Waals surface area contributed by atoms with E-state index in [2.05, 4.69) is 28.2 Å². The van der Waals surface area contributed by atoms with Gasteiger partial charge in [0.15, 0.2) is 0 Å². The number of methoxy groups -OCH3 is 1. The molecule has 2 aromatic rings. The first kappa shape index (κ1) is 11.6. The lowest BCUT2D eigenvalue weighted by Gasteiger charge is -2.13. The van der Waals surface area contributed by atoms with Gasteiger partial charge in [0.05, 0.1) is 7.11 Å². The Morgan fingerprint density at radius 3 is 2.88 bits per heavy atom. The molecule has 2 nitrogen and oxygen atoms in total. The molecule has 0 saturated carbocycles. The van der Waals surface area contributed by atoms with Crippen LogP contribution in [0.25, 0.3) is 0 Å². The highest BCUT2D eigenvalue weighted by molar-refractivity contribution is 7.10. The first-order valence-electron chi connectivity index (χ1n) is 5.14. The van der Waals surface area contributed by atoms with Gasteiger partial charge in [-0.05, 0) is 41.9 Å². The summed E-state index contributed by atoms with van der Waals surface area (Å²) in [5, 5.41) is 9.73. The van der Waals surface area contributed by atoms with E-state index in [1.165, 1.54) is 10.4 Å². The molecule has 0 amide bonds. The third-order valence-electron chi connectivity index (χ3n) is 2.54. The zero-order valence-corrected chi connectivity index (χ0v) is 11.0. The number of ether oxygens (including phenoxy) is 1. The minimum absolute atomic E-state index is 0.378. The van der Waals surface area contributed by atoms with Gasteiger partial charge in [-0.2, -0.15) is 11.3 Å². The molecule has 2 heterocycles. The maximum Gasteiger partial charge on any atom is 0.129 e. The maximum atomic E-state index is 5.21. The Bertz CT molecular complexity index is 422. The Labute approximate surface area is 104 Å². The summed E-state index contributed by atoms with van der Waals surface area (Å²) in [6.45, 7) is 0. The van der Waals surface area contributed by atoms with Gasteiger partial charge in [0.25, 0.3) is 0 Å². The summed E-state index contributed by atoms with van der Waals surface area (Å²) in [4.78, 5) is 1.32. The largest absolute Gasteiger partial charge is 0.496 e. The predicted molar refractivity (Wildman–Crippen MR) is 70.7 cm³/mol. The SMILES string of the molecule is CNC(Cc1ccsc1)c1cc(OC)cs1. The molecule has 0 saturated heterocycles. The van der Waals surface area contributed by atoms with Gasteiger partial charge in [-0.1, -0.05) is 0 Å². The number of nitrogens with one attached hydrogen (secondary N) is 1. The van der Waals surface area contributed by atoms with E-state index in [4.69, 9.17) is 4.74 Å². The highest BCUT2D eigenvalue weighted by Crippen LogP contribution is 2.29. The second-order valence-corrected chi connectivity index (χ2v) is 5.29. The van der Waals surface area contributed by atoms with Crippen molar-refractivity contribution in [1.82, 2.24) is 5.32 Å². The molecule has 1 N–H and O–H groups in total. The molecule has 2 aromatic heterocycles. The lowest BCUT2D eigenvalue weighted by molar-refractivity contribution is 0.416. The number of hydrogen-bond acceptors (Lipinski definition) is 4. The van der Waals surface area contributed by atoms with E-state index in [0.29, 0.717) is 6.04 Å².